The molecule has 0 unspecified atom stereocenters. The number of hydrogen-bond donors (Lipinski definition) is 0. The molecule has 0 heterocycles. The average molecular weight is 446 g/mol. The summed E-state index contributed by atoms with van der Waals surface area (Å²) in [6.45, 7) is 4.48. The smallest absolute Gasteiger partial charge is 0.0452 e. The standard InChI is InChI=1S/C21H34Br2/c1-21(2,23)20-17-13-12-16-19(20)15-11-9-7-5-3-4-6-8-10-14-18-22/h12-13,16-17H,3-11,14-15,18H2,1-2H3. The van der Waals surface area contributed by atoms with Crippen LogP contribution in [0.3, 0.4) is 0 Å². The Morgan fingerprint density at radius 2 is 1.22 bits per heavy atom. The monoisotopic (exact) mass is 444 g/mol. The van der Waals surface area contributed by atoms with E-state index in [9.17, 15) is 0 Å². The van der Waals surface area contributed by atoms with E-state index in [0.717, 1.165) is 0 Å². The van der Waals surface area contributed by atoms with Gasteiger partial charge < -0.3 is 0 Å². The molecular weight excluding hydrogens is 412 g/mol. The number of unbranched alkanes of at least 4 members (excludes halogenated alkanes) is 9. The Morgan fingerprint density at radius 1 is 0.739 bits per heavy atom. The summed E-state index contributed by atoms with van der Waals surface area (Å²) in [4.78, 5) is 0. The van der Waals surface area contributed by atoms with Gasteiger partial charge in [0.2, 0.25) is 0 Å². The Kier molecular flexibility index (Phi) is 11.6. The van der Waals surface area contributed by atoms with E-state index < -0.39 is 0 Å². The molecule has 0 aliphatic rings. The van der Waals surface area contributed by atoms with E-state index in [0.29, 0.717) is 0 Å². The van der Waals surface area contributed by atoms with Crippen molar-refractivity contribution in [1.82, 2.24) is 0 Å². The predicted octanol–water partition coefficient (Wildman–Crippen LogP) is 8.16. The van der Waals surface area contributed by atoms with Crippen LogP contribution in [0.5, 0.6) is 0 Å². The first-order valence-corrected chi connectivity index (χ1v) is 11.3. The van der Waals surface area contributed by atoms with Crippen molar-refractivity contribution in [2.45, 2.75) is 88.8 Å². The van der Waals surface area contributed by atoms with Gasteiger partial charge in [0.05, 0.1) is 0 Å². The van der Waals surface area contributed by atoms with Gasteiger partial charge in [-0.3, -0.25) is 0 Å². The molecule has 0 aromatic heterocycles. The number of halogens is 2. The second kappa shape index (κ2) is 12.5. The minimum absolute atomic E-state index is 0.0818. The van der Waals surface area contributed by atoms with Crippen molar-refractivity contribution < 1.29 is 0 Å². The molecule has 0 amide bonds. The van der Waals surface area contributed by atoms with E-state index >= 15 is 0 Å². The quantitative estimate of drug-likeness (QED) is 0.212. The van der Waals surface area contributed by atoms with Gasteiger partial charge >= 0.3 is 0 Å². The molecule has 0 aliphatic carbocycles. The van der Waals surface area contributed by atoms with Gasteiger partial charge in [-0.15, -0.1) is 0 Å². The van der Waals surface area contributed by atoms with Crippen LogP contribution in [0.2, 0.25) is 0 Å². The Morgan fingerprint density at radius 3 is 1.74 bits per heavy atom. The first-order valence-electron chi connectivity index (χ1n) is 9.39. The molecule has 0 aliphatic heterocycles. The van der Waals surface area contributed by atoms with Gasteiger partial charge in [-0.2, -0.15) is 0 Å². The van der Waals surface area contributed by atoms with E-state index in [-0.39, 0.29) is 4.32 Å². The fraction of sp³-hybridized carbons (Fsp3) is 0.714. The van der Waals surface area contributed by atoms with Gasteiger partial charge in [0.25, 0.3) is 0 Å². The third-order valence-electron chi connectivity index (χ3n) is 4.49. The molecule has 0 atom stereocenters. The maximum atomic E-state index is 3.81. The van der Waals surface area contributed by atoms with E-state index in [1.165, 1.54) is 87.1 Å². The molecule has 0 saturated heterocycles. The van der Waals surface area contributed by atoms with Crippen molar-refractivity contribution in [2.75, 3.05) is 5.33 Å². The van der Waals surface area contributed by atoms with Gasteiger partial charge in [0.15, 0.2) is 0 Å². The first-order chi connectivity index (χ1) is 11.1. The molecule has 1 aromatic carbocycles. The largest absolute Gasteiger partial charge is 0.0928 e. The lowest BCUT2D eigenvalue weighted by molar-refractivity contribution is 0.556. The van der Waals surface area contributed by atoms with Crippen LogP contribution in [0, 0.1) is 0 Å². The molecule has 0 fully saturated rings. The van der Waals surface area contributed by atoms with Crippen molar-refractivity contribution in [3.8, 4) is 0 Å². The third kappa shape index (κ3) is 9.92. The molecule has 2 heteroatoms. The van der Waals surface area contributed by atoms with Crippen molar-refractivity contribution in [3.63, 3.8) is 0 Å². The van der Waals surface area contributed by atoms with Gasteiger partial charge in [-0.1, -0.05) is 107 Å². The predicted molar refractivity (Wildman–Crippen MR) is 112 cm³/mol. The highest BCUT2D eigenvalue weighted by molar-refractivity contribution is 9.09. The van der Waals surface area contributed by atoms with Crippen LogP contribution < -0.4 is 0 Å². The number of hydrogen-bond acceptors (Lipinski definition) is 0. The Hall–Kier alpha value is 0.180. The maximum Gasteiger partial charge on any atom is 0.0452 e. The SMILES string of the molecule is CC(C)(Br)c1ccccc1CCCCCCCCCCCCBr. The summed E-state index contributed by atoms with van der Waals surface area (Å²) in [7, 11) is 0. The van der Waals surface area contributed by atoms with Crippen LogP contribution in [-0.2, 0) is 10.7 Å². The van der Waals surface area contributed by atoms with Crippen LogP contribution in [0.15, 0.2) is 24.3 Å². The highest BCUT2D eigenvalue weighted by Gasteiger charge is 2.18. The minimum Gasteiger partial charge on any atom is -0.0928 e. The fourth-order valence-electron chi connectivity index (χ4n) is 3.14. The topological polar surface area (TPSA) is 0 Å². The lowest BCUT2D eigenvalue weighted by atomic mass is 9.93. The van der Waals surface area contributed by atoms with Gasteiger partial charge in [0.1, 0.15) is 0 Å². The van der Waals surface area contributed by atoms with Crippen LogP contribution in [0.25, 0.3) is 0 Å². The number of alkyl halides is 2. The zero-order chi connectivity index (χ0) is 17.0. The Balaban J connectivity index is 2.08. The highest BCUT2D eigenvalue weighted by atomic mass is 79.9. The van der Waals surface area contributed by atoms with E-state index in [1.807, 2.05) is 0 Å². The summed E-state index contributed by atoms with van der Waals surface area (Å²) in [5.74, 6) is 0. The lowest BCUT2D eigenvalue weighted by Crippen LogP contribution is -2.10. The molecular formula is C21H34Br2. The van der Waals surface area contributed by atoms with Crippen molar-refractivity contribution in [1.29, 1.82) is 0 Å². The molecule has 0 nitrogen and oxygen atoms in total. The van der Waals surface area contributed by atoms with Gasteiger partial charge in [-0.05, 0) is 44.2 Å². The van der Waals surface area contributed by atoms with Crippen LogP contribution >= 0.6 is 31.9 Å². The summed E-state index contributed by atoms with van der Waals surface area (Å²) in [5.41, 5.74) is 2.96. The number of aryl methyl sites for hydroxylation is 1. The van der Waals surface area contributed by atoms with Gasteiger partial charge in [-0.25, -0.2) is 0 Å². The second-order valence-corrected chi connectivity index (χ2v) is 9.88. The van der Waals surface area contributed by atoms with Crippen LogP contribution in [0.1, 0.15) is 89.2 Å². The molecule has 0 N–H and O–H groups in total. The van der Waals surface area contributed by atoms with Crippen molar-refractivity contribution in [2.24, 2.45) is 0 Å². The van der Waals surface area contributed by atoms with Crippen LogP contribution in [-0.4, -0.2) is 5.33 Å². The molecule has 1 aromatic rings. The molecule has 0 radical (unpaired) electrons. The highest BCUT2D eigenvalue weighted by Crippen LogP contribution is 2.33. The maximum absolute atomic E-state index is 3.81. The minimum atomic E-state index is 0.0818. The molecule has 0 bridgehead atoms. The summed E-state index contributed by atoms with van der Waals surface area (Å²) < 4.78 is 0.0818. The van der Waals surface area contributed by atoms with Crippen molar-refractivity contribution >= 4 is 31.9 Å². The molecule has 132 valence electrons. The zero-order valence-corrected chi connectivity index (χ0v) is 18.2. The third-order valence-corrected chi connectivity index (χ3v) is 5.48. The lowest BCUT2D eigenvalue weighted by Gasteiger charge is -2.21. The summed E-state index contributed by atoms with van der Waals surface area (Å²) in [5, 5.41) is 1.17. The van der Waals surface area contributed by atoms with Crippen molar-refractivity contribution in [3.05, 3.63) is 35.4 Å². The van der Waals surface area contributed by atoms with Gasteiger partial charge in [0, 0.05) is 9.65 Å². The summed E-state index contributed by atoms with van der Waals surface area (Å²) in [6, 6.07) is 8.89. The second-order valence-electron chi connectivity index (χ2n) is 7.10. The molecule has 0 spiro atoms. The molecule has 23 heavy (non-hydrogen) atoms. The van der Waals surface area contributed by atoms with E-state index in [4.69, 9.17) is 0 Å². The average Bonchev–Trinajstić information content (AvgIpc) is 2.52. The number of rotatable bonds is 13. The molecule has 0 saturated carbocycles. The van der Waals surface area contributed by atoms with Crippen LogP contribution in [0.4, 0.5) is 0 Å². The normalized spacial score (nSPS) is 11.8. The Labute approximate surface area is 161 Å². The Bertz CT molecular complexity index is 407. The van der Waals surface area contributed by atoms with E-state index in [2.05, 4.69) is 70.0 Å². The summed E-state index contributed by atoms with van der Waals surface area (Å²) in [6.07, 6.45) is 15.2. The first kappa shape index (κ1) is 21.2. The fourth-order valence-corrected chi connectivity index (χ4v) is 3.93. The molecule has 1 rings (SSSR count). The van der Waals surface area contributed by atoms with E-state index in [1.54, 1.807) is 0 Å². The number of benzene rings is 1. The zero-order valence-electron chi connectivity index (χ0n) is 15.1. The summed E-state index contributed by atoms with van der Waals surface area (Å²) >= 11 is 7.31.